The van der Waals surface area contributed by atoms with Gasteiger partial charge in [0.05, 0.1) is 5.92 Å². The average molecular weight is 267 g/mol. The van der Waals surface area contributed by atoms with Crippen molar-refractivity contribution < 1.29 is 19.2 Å². The number of carboxylic acids is 1. The van der Waals surface area contributed by atoms with E-state index in [9.17, 15) is 9.59 Å². The van der Waals surface area contributed by atoms with Crippen molar-refractivity contribution in [1.29, 1.82) is 0 Å². The van der Waals surface area contributed by atoms with E-state index in [0.29, 0.717) is 24.7 Å². The summed E-state index contributed by atoms with van der Waals surface area (Å²) in [6.45, 7) is 4.62. The molecule has 0 aliphatic carbocycles. The van der Waals surface area contributed by atoms with Gasteiger partial charge in [0.2, 0.25) is 11.8 Å². The Hall–Kier alpha value is -1.92. The molecule has 2 rings (SSSR count). The molecule has 1 aromatic rings. The van der Waals surface area contributed by atoms with E-state index < -0.39 is 11.9 Å². The molecule has 1 atom stereocenters. The van der Waals surface area contributed by atoms with Crippen molar-refractivity contribution in [3.63, 3.8) is 0 Å². The van der Waals surface area contributed by atoms with Crippen LogP contribution in [0.4, 0.5) is 0 Å². The molecule has 0 radical (unpaired) electrons. The monoisotopic (exact) mass is 267 g/mol. The number of aliphatic carboxylic acids is 1. The van der Waals surface area contributed by atoms with Gasteiger partial charge in [0.15, 0.2) is 5.82 Å². The van der Waals surface area contributed by atoms with Crippen LogP contribution >= 0.6 is 0 Å². The quantitative estimate of drug-likeness (QED) is 0.842. The van der Waals surface area contributed by atoms with E-state index >= 15 is 0 Å². The van der Waals surface area contributed by atoms with Gasteiger partial charge in [0.25, 0.3) is 0 Å². The predicted molar refractivity (Wildman–Crippen MR) is 64.4 cm³/mol. The first-order valence-electron chi connectivity index (χ1n) is 6.30. The van der Waals surface area contributed by atoms with Crippen molar-refractivity contribution in [2.75, 3.05) is 13.1 Å². The van der Waals surface area contributed by atoms with Crippen molar-refractivity contribution >= 4 is 11.9 Å². The molecule has 19 heavy (non-hydrogen) atoms. The highest BCUT2D eigenvalue weighted by atomic mass is 16.5. The lowest BCUT2D eigenvalue weighted by Gasteiger charge is -2.14. The Morgan fingerprint density at radius 1 is 1.58 bits per heavy atom. The molecule has 1 saturated heterocycles. The summed E-state index contributed by atoms with van der Waals surface area (Å²) < 4.78 is 5.08. The zero-order chi connectivity index (χ0) is 14.0. The summed E-state index contributed by atoms with van der Waals surface area (Å²) in [5, 5.41) is 12.7. The lowest BCUT2D eigenvalue weighted by molar-refractivity contribution is -0.141. The molecule has 1 aliphatic heterocycles. The Kier molecular flexibility index (Phi) is 3.82. The van der Waals surface area contributed by atoms with Crippen LogP contribution in [-0.2, 0) is 16.0 Å². The second-order valence-corrected chi connectivity index (χ2v) is 5.03. The van der Waals surface area contributed by atoms with Crippen LogP contribution in [0.15, 0.2) is 4.52 Å². The number of amides is 1. The molecule has 0 saturated carbocycles. The molecule has 0 spiro atoms. The third-order valence-electron chi connectivity index (χ3n) is 3.16. The Morgan fingerprint density at radius 2 is 2.32 bits per heavy atom. The smallest absolute Gasteiger partial charge is 0.308 e. The van der Waals surface area contributed by atoms with Gasteiger partial charge in [-0.05, 0) is 0 Å². The fourth-order valence-electron chi connectivity index (χ4n) is 1.99. The maximum absolute atomic E-state index is 11.6. The molecule has 7 heteroatoms. The van der Waals surface area contributed by atoms with E-state index in [4.69, 9.17) is 9.63 Å². The van der Waals surface area contributed by atoms with Gasteiger partial charge in [0, 0.05) is 31.8 Å². The van der Waals surface area contributed by atoms with Crippen molar-refractivity contribution in [3.05, 3.63) is 11.7 Å². The number of carboxylic acid groups (broad SMARTS) is 1. The molecule has 1 N–H and O–H groups in total. The number of nitrogens with zero attached hydrogens (tertiary/aromatic N) is 3. The summed E-state index contributed by atoms with van der Waals surface area (Å²) in [6, 6.07) is 0. The Labute approximate surface area is 110 Å². The van der Waals surface area contributed by atoms with E-state index in [-0.39, 0.29) is 24.8 Å². The van der Waals surface area contributed by atoms with E-state index in [0.717, 1.165) is 0 Å². The number of likely N-dealkylation sites (tertiary alicyclic amines) is 1. The fraction of sp³-hybridized carbons (Fsp3) is 0.667. The Bertz CT molecular complexity index is 483. The van der Waals surface area contributed by atoms with Crippen molar-refractivity contribution in [2.24, 2.45) is 5.92 Å². The normalized spacial score (nSPS) is 19.4. The van der Waals surface area contributed by atoms with Gasteiger partial charge in [0.1, 0.15) is 0 Å². The molecule has 0 unspecified atom stereocenters. The minimum Gasteiger partial charge on any atom is -0.481 e. The van der Waals surface area contributed by atoms with Crippen molar-refractivity contribution in [3.8, 4) is 0 Å². The van der Waals surface area contributed by atoms with Crippen LogP contribution in [0.5, 0.6) is 0 Å². The van der Waals surface area contributed by atoms with Crippen LogP contribution in [0.25, 0.3) is 0 Å². The van der Waals surface area contributed by atoms with Gasteiger partial charge in [-0.2, -0.15) is 4.98 Å². The van der Waals surface area contributed by atoms with Gasteiger partial charge in [-0.3, -0.25) is 9.59 Å². The SMILES string of the molecule is CC(C)c1noc(CCN2C[C@H](C(=O)O)CC2=O)n1. The number of rotatable bonds is 5. The first kappa shape index (κ1) is 13.5. The average Bonchev–Trinajstić information content (AvgIpc) is 2.93. The van der Waals surface area contributed by atoms with Gasteiger partial charge in [-0.25, -0.2) is 0 Å². The van der Waals surface area contributed by atoms with Crippen LogP contribution in [-0.4, -0.2) is 45.1 Å². The van der Waals surface area contributed by atoms with Gasteiger partial charge in [-0.15, -0.1) is 0 Å². The molecule has 1 aromatic heterocycles. The third kappa shape index (κ3) is 3.10. The Balaban J connectivity index is 1.88. The standard InChI is InChI=1S/C12H17N3O4/c1-7(2)11-13-9(19-14-11)3-4-15-6-8(12(17)18)5-10(15)16/h7-8H,3-6H2,1-2H3,(H,17,18)/t8-/m1/s1. The molecule has 7 nitrogen and oxygen atoms in total. The molecule has 0 bridgehead atoms. The highest BCUT2D eigenvalue weighted by Gasteiger charge is 2.34. The minimum atomic E-state index is -0.921. The zero-order valence-electron chi connectivity index (χ0n) is 11.0. The molecule has 1 aliphatic rings. The van der Waals surface area contributed by atoms with Crippen molar-refractivity contribution in [1.82, 2.24) is 15.0 Å². The van der Waals surface area contributed by atoms with Gasteiger partial charge in [-0.1, -0.05) is 19.0 Å². The first-order chi connectivity index (χ1) is 8.97. The highest BCUT2D eigenvalue weighted by molar-refractivity contribution is 5.86. The van der Waals surface area contributed by atoms with E-state index in [1.165, 1.54) is 4.90 Å². The number of aromatic nitrogens is 2. The second-order valence-electron chi connectivity index (χ2n) is 5.03. The molecule has 1 amide bonds. The summed E-state index contributed by atoms with van der Waals surface area (Å²) in [5.74, 6) is -0.322. The molecule has 0 aromatic carbocycles. The summed E-state index contributed by atoms with van der Waals surface area (Å²) in [7, 11) is 0. The van der Waals surface area contributed by atoms with Crippen LogP contribution in [0.1, 0.15) is 37.9 Å². The maximum Gasteiger partial charge on any atom is 0.308 e. The predicted octanol–water partition coefficient (Wildman–Crippen LogP) is 0.669. The van der Waals surface area contributed by atoms with Crippen LogP contribution in [0.3, 0.4) is 0 Å². The van der Waals surface area contributed by atoms with Gasteiger partial charge < -0.3 is 14.5 Å². The van der Waals surface area contributed by atoms with Crippen LogP contribution < -0.4 is 0 Å². The number of carbonyl (C=O) groups excluding carboxylic acids is 1. The maximum atomic E-state index is 11.6. The summed E-state index contributed by atoms with van der Waals surface area (Å²) in [6.07, 6.45) is 0.536. The number of hydrogen-bond donors (Lipinski definition) is 1. The number of carbonyl (C=O) groups is 2. The van der Waals surface area contributed by atoms with E-state index in [1.54, 1.807) is 0 Å². The topological polar surface area (TPSA) is 96.5 Å². The summed E-state index contributed by atoms with van der Waals surface area (Å²) in [4.78, 5) is 28.2. The van der Waals surface area contributed by atoms with E-state index in [2.05, 4.69) is 10.1 Å². The third-order valence-corrected chi connectivity index (χ3v) is 3.16. The summed E-state index contributed by atoms with van der Waals surface area (Å²) in [5.41, 5.74) is 0. The minimum absolute atomic E-state index is 0.0798. The largest absolute Gasteiger partial charge is 0.481 e. The lowest BCUT2D eigenvalue weighted by Crippen LogP contribution is -2.28. The molecular formula is C12H17N3O4. The molecule has 2 heterocycles. The lowest BCUT2D eigenvalue weighted by atomic mass is 10.1. The molecular weight excluding hydrogens is 250 g/mol. The Morgan fingerprint density at radius 3 is 2.84 bits per heavy atom. The molecule has 1 fully saturated rings. The summed E-state index contributed by atoms with van der Waals surface area (Å²) >= 11 is 0. The fourth-order valence-corrected chi connectivity index (χ4v) is 1.99. The highest BCUT2D eigenvalue weighted by Crippen LogP contribution is 2.18. The zero-order valence-corrected chi connectivity index (χ0v) is 11.0. The van der Waals surface area contributed by atoms with Crippen LogP contribution in [0.2, 0.25) is 0 Å². The van der Waals surface area contributed by atoms with Crippen molar-refractivity contribution in [2.45, 2.75) is 32.6 Å². The molecule has 104 valence electrons. The van der Waals surface area contributed by atoms with Gasteiger partial charge >= 0.3 is 5.97 Å². The van der Waals surface area contributed by atoms with Crippen LogP contribution in [0, 0.1) is 5.92 Å². The number of hydrogen-bond acceptors (Lipinski definition) is 5. The first-order valence-corrected chi connectivity index (χ1v) is 6.30. The van der Waals surface area contributed by atoms with E-state index in [1.807, 2.05) is 13.8 Å². The second kappa shape index (κ2) is 5.38.